The monoisotopic (exact) mass is 418 g/mol. The van der Waals surface area contributed by atoms with Crippen molar-refractivity contribution in [2.75, 3.05) is 46.5 Å². The zero-order chi connectivity index (χ0) is 21.9. The molecule has 0 radical (unpaired) electrons. The molecule has 160 valence electrons. The van der Waals surface area contributed by atoms with Gasteiger partial charge in [-0.15, -0.1) is 0 Å². The molecule has 2 heterocycles. The summed E-state index contributed by atoms with van der Waals surface area (Å²) in [6, 6.07) is 6.64. The van der Waals surface area contributed by atoms with E-state index >= 15 is 0 Å². The van der Waals surface area contributed by atoms with Gasteiger partial charge in [0.15, 0.2) is 0 Å². The molecule has 0 saturated heterocycles. The Bertz CT molecular complexity index is 952. The summed E-state index contributed by atoms with van der Waals surface area (Å²) in [6.45, 7) is -0.147. The molecule has 3 N–H and O–H groups in total. The van der Waals surface area contributed by atoms with Crippen LogP contribution in [0.25, 0.3) is 0 Å². The molecule has 1 unspecified atom stereocenters. The molecule has 0 fully saturated rings. The Morgan fingerprint density at radius 1 is 1.07 bits per heavy atom. The van der Waals surface area contributed by atoms with Crippen molar-refractivity contribution in [2.24, 2.45) is 5.73 Å². The van der Waals surface area contributed by atoms with Gasteiger partial charge in [0.1, 0.15) is 35.5 Å². The lowest BCUT2D eigenvalue weighted by atomic mass is 9.67. The third kappa shape index (κ3) is 3.19. The molecule has 1 aromatic carbocycles. The highest BCUT2D eigenvalue weighted by Gasteiger charge is 2.62. The van der Waals surface area contributed by atoms with Gasteiger partial charge in [0.25, 0.3) is 0 Å². The van der Waals surface area contributed by atoms with Crippen LogP contribution in [0.5, 0.6) is 0 Å². The third-order valence-electron chi connectivity index (χ3n) is 4.82. The molecular weight excluding hydrogens is 396 g/mol. The summed E-state index contributed by atoms with van der Waals surface area (Å²) in [5.41, 5.74) is 4.39. The Labute approximate surface area is 172 Å². The number of rotatable bonds is 7. The Balaban J connectivity index is 2.30. The number of ether oxygens (including phenoxy) is 5. The number of benzene rings is 1. The molecule has 1 aromatic rings. The van der Waals surface area contributed by atoms with Crippen LogP contribution < -0.4 is 11.1 Å². The molecule has 30 heavy (non-hydrogen) atoms. The van der Waals surface area contributed by atoms with E-state index in [2.05, 4.69) is 5.32 Å². The van der Waals surface area contributed by atoms with Gasteiger partial charge in [0.05, 0.1) is 13.7 Å². The lowest BCUT2D eigenvalue weighted by molar-refractivity contribution is -0.143. The number of carbonyl (C=O) groups is 3. The van der Waals surface area contributed by atoms with Crippen molar-refractivity contribution < 1.29 is 38.1 Å². The summed E-state index contributed by atoms with van der Waals surface area (Å²) in [7, 11) is 3.99. The van der Waals surface area contributed by atoms with Crippen molar-refractivity contribution in [2.45, 2.75) is 5.41 Å². The van der Waals surface area contributed by atoms with Crippen LogP contribution in [-0.2, 0) is 43.5 Å². The molecule has 10 nitrogen and oxygen atoms in total. The van der Waals surface area contributed by atoms with Crippen LogP contribution in [0.2, 0.25) is 0 Å². The predicted molar refractivity (Wildman–Crippen MR) is 103 cm³/mol. The van der Waals surface area contributed by atoms with Crippen molar-refractivity contribution in [3.8, 4) is 0 Å². The molecule has 1 amide bonds. The topological polar surface area (TPSA) is 135 Å². The standard InChI is InChI=1S/C20H22N2O8/c1-26-8-9-29-18(24)15-16(21)30-13(10-27-2)14(17(23)28-3)20(15)11-6-4-5-7-12(11)22-19(20)25/h4-7H,8-10,21H2,1-3H3,(H,22,25). The first-order valence-corrected chi connectivity index (χ1v) is 8.99. The third-order valence-corrected chi connectivity index (χ3v) is 4.82. The number of amides is 1. The Morgan fingerprint density at radius 2 is 1.80 bits per heavy atom. The SMILES string of the molecule is COCCOC(=O)C1=C(N)OC(COC)=C(C(=O)OC)C12C(=O)Nc1ccccc12. The van der Waals surface area contributed by atoms with Crippen molar-refractivity contribution in [1.82, 2.24) is 0 Å². The quantitative estimate of drug-likeness (QED) is 0.474. The van der Waals surface area contributed by atoms with E-state index in [1.54, 1.807) is 24.3 Å². The fraction of sp³-hybridized carbons (Fsp3) is 0.350. The number of carbonyl (C=O) groups excluding carboxylic acids is 3. The maximum atomic E-state index is 13.4. The van der Waals surface area contributed by atoms with Crippen LogP contribution >= 0.6 is 0 Å². The summed E-state index contributed by atoms with van der Waals surface area (Å²) < 4.78 is 25.7. The zero-order valence-electron chi connectivity index (χ0n) is 16.8. The molecular formula is C20H22N2O8. The lowest BCUT2D eigenvalue weighted by Gasteiger charge is -2.35. The average molecular weight is 418 g/mol. The van der Waals surface area contributed by atoms with Crippen LogP contribution in [0.1, 0.15) is 5.56 Å². The van der Waals surface area contributed by atoms with Crippen LogP contribution in [0.3, 0.4) is 0 Å². The van der Waals surface area contributed by atoms with Gasteiger partial charge in [0.2, 0.25) is 11.8 Å². The zero-order valence-corrected chi connectivity index (χ0v) is 16.8. The van der Waals surface area contributed by atoms with Crippen molar-refractivity contribution in [3.63, 3.8) is 0 Å². The van der Waals surface area contributed by atoms with Crippen LogP contribution in [0.15, 0.2) is 47.1 Å². The first-order valence-electron chi connectivity index (χ1n) is 8.99. The molecule has 2 aliphatic rings. The second-order valence-corrected chi connectivity index (χ2v) is 6.44. The summed E-state index contributed by atoms with van der Waals surface area (Å²) in [6.07, 6.45) is 0. The van der Waals surface area contributed by atoms with Crippen LogP contribution in [0.4, 0.5) is 5.69 Å². The molecule has 10 heteroatoms. The van der Waals surface area contributed by atoms with Crippen LogP contribution in [0, 0.1) is 0 Å². The first-order chi connectivity index (χ1) is 14.4. The second-order valence-electron chi connectivity index (χ2n) is 6.44. The smallest absolute Gasteiger partial charge is 0.341 e. The van der Waals surface area contributed by atoms with Gasteiger partial charge in [-0.1, -0.05) is 18.2 Å². The lowest BCUT2D eigenvalue weighted by Crippen LogP contribution is -2.49. The van der Waals surface area contributed by atoms with Gasteiger partial charge in [-0.05, 0) is 6.07 Å². The minimum Gasteiger partial charge on any atom is -0.466 e. The molecule has 3 rings (SSSR count). The molecule has 0 saturated carbocycles. The summed E-state index contributed by atoms with van der Waals surface area (Å²) >= 11 is 0. The normalized spacial score (nSPS) is 20.0. The number of anilines is 1. The highest BCUT2D eigenvalue weighted by molar-refractivity contribution is 6.21. The van der Waals surface area contributed by atoms with Crippen molar-refractivity contribution in [1.29, 1.82) is 0 Å². The molecule has 1 atom stereocenters. The highest BCUT2D eigenvalue weighted by Crippen LogP contribution is 2.52. The van der Waals surface area contributed by atoms with Gasteiger partial charge in [-0.2, -0.15) is 0 Å². The Morgan fingerprint density at radius 3 is 2.47 bits per heavy atom. The van der Waals surface area contributed by atoms with E-state index in [1.165, 1.54) is 14.2 Å². The number of methoxy groups -OCH3 is 3. The number of para-hydroxylation sites is 1. The number of esters is 2. The first kappa shape index (κ1) is 21.3. The van der Waals surface area contributed by atoms with E-state index in [1.807, 2.05) is 0 Å². The molecule has 1 spiro atoms. The number of fused-ring (bicyclic) bond motifs is 2. The Hall–Kier alpha value is -3.37. The summed E-state index contributed by atoms with van der Waals surface area (Å²) in [5.74, 6) is -2.87. The van der Waals surface area contributed by atoms with Crippen molar-refractivity contribution >= 4 is 23.5 Å². The summed E-state index contributed by atoms with van der Waals surface area (Å²) in [5, 5.41) is 2.70. The van der Waals surface area contributed by atoms with Gasteiger partial charge >= 0.3 is 11.9 Å². The number of hydrogen-bond donors (Lipinski definition) is 2. The molecule has 0 aromatic heterocycles. The minimum atomic E-state index is -1.93. The summed E-state index contributed by atoms with van der Waals surface area (Å²) in [4.78, 5) is 39.3. The van der Waals surface area contributed by atoms with E-state index in [4.69, 9.17) is 29.4 Å². The number of nitrogens with two attached hydrogens (primary N) is 1. The van der Waals surface area contributed by atoms with E-state index in [9.17, 15) is 14.4 Å². The fourth-order valence-electron chi connectivity index (χ4n) is 3.65. The van der Waals surface area contributed by atoms with E-state index in [-0.39, 0.29) is 42.6 Å². The predicted octanol–water partition coefficient (Wildman–Crippen LogP) is 0.340. The fourth-order valence-corrected chi connectivity index (χ4v) is 3.65. The highest BCUT2D eigenvalue weighted by atomic mass is 16.6. The average Bonchev–Trinajstić information content (AvgIpc) is 3.00. The van der Waals surface area contributed by atoms with E-state index in [0.29, 0.717) is 11.3 Å². The van der Waals surface area contributed by atoms with Crippen molar-refractivity contribution in [3.05, 3.63) is 52.6 Å². The molecule has 0 bridgehead atoms. The maximum Gasteiger partial charge on any atom is 0.341 e. The molecule has 0 aliphatic carbocycles. The van der Waals surface area contributed by atoms with Crippen LogP contribution in [-0.4, -0.2) is 59.0 Å². The maximum absolute atomic E-state index is 13.4. The second kappa shape index (κ2) is 8.56. The van der Waals surface area contributed by atoms with E-state index in [0.717, 1.165) is 7.11 Å². The number of hydrogen-bond acceptors (Lipinski definition) is 9. The number of nitrogens with one attached hydrogen (secondary N) is 1. The largest absolute Gasteiger partial charge is 0.466 e. The van der Waals surface area contributed by atoms with Gasteiger partial charge < -0.3 is 34.7 Å². The van der Waals surface area contributed by atoms with Gasteiger partial charge in [0, 0.05) is 25.5 Å². The minimum absolute atomic E-state index is 0.0397. The van der Waals surface area contributed by atoms with Gasteiger partial charge in [-0.3, -0.25) is 4.79 Å². The Kier molecular flexibility index (Phi) is 6.09. The van der Waals surface area contributed by atoms with Gasteiger partial charge in [-0.25, -0.2) is 9.59 Å². The molecule has 2 aliphatic heterocycles. The van der Waals surface area contributed by atoms with E-state index < -0.39 is 23.3 Å².